The van der Waals surface area contributed by atoms with Crippen molar-refractivity contribution in [2.75, 3.05) is 5.32 Å². The number of alkyl halides is 3. The van der Waals surface area contributed by atoms with Gasteiger partial charge in [0.15, 0.2) is 5.78 Å². The summed E-state index contributed by atoms with van der Waals surface area (Å²) in [6.45, 7) is 1.61. The third-order valence-electron chi connectivity index (χ3n) is 5.28. The second-order valence-electron chi connectivity index (χ2n) is 7.98. The van der Waals surface area contributed by atoms with E-state index in [1.165, 1.54) is 6.20 Å². The van der Waals surface area contributed by atoms with Crippen LogP contribution in [0.4, 0.5) is 29.2 Å². The highest BCUT2D eigenvalue weighted by atomic mass is 19.4. The van der Waals surface area contributed by atoms with Crippen LogP contribution in [0.15, 0.2) is 54.7 Å². The van der Waals surface area contributed by atoms with E-state index in [0.29, 0.717) is 40.4 Å². The molecule has 2 heterocycles. The zero-order chi connectivity index (χ0) is 25.3. The maximum Gasteiger partial charge on any atom is 0.416 e. The Hall–Kier alpha value is -3.99. The number of anilines is 2. The zero-order valence-corrected chi connectivity index (χ0v) is 18.7. The topological polar surface area (TPSA) is 95.1 Å². The number of Topliss-reactive ketones (excluding diaryl/α,β-unsaturated/α-hetero) is 1. The molecule has 2 aromatic heterocycles. The first-order valence-corrected chi connectivity index (χ1v) is 10.5. The van der Waals surface area contributed by atoms with Gasteiger partial charge >= 0.3 is 6.18 Å². The number of hydrogen-bond acceptors (Lipinski definition) is 6. The lowest BCUT2D eigenvalue weighted by atomic mass is 10.1. The fraction of sp³-hybridized carbons (Fsp3) is 0.208. The second kappa shape index (κ2) is 9.34. The van der Waals surface area contributed by atoms with E-state index in [0.717, 1.165) is 6.07 Å². The number of nitrogens with one attached hydrogen (secondary N) is 1. The molecule has 0 saturated heterocycles. The van der Waals surface area contributed by atoms with Gasteiger partial charge in [0, 0.05) is 25.4 Å². The van der Waals surface area contributed by atoms with Crippen molar-refractivity contribution in [1.82, 2.24) is 14.5 Å². The van der Waals surface area contributed by atoms with Gasteiger partial charge in [-0.1, -0.05) is 0 Å². The number of rotatable bonds is 7. The summed E-state index contributed by atoms with van der Waals surface area (Å²) in [6.07, 6.45) is -3.01. The number of aromatic nitrogens is 3. The van der Waals surface area contributed by atoms with Gasteiger partial charge < -0.3 is 20.4 Å². The lowest BCUT2D eigenvalue weighted by molar-refractivity contribution is -0.137. The van der Waals surface area contributed by atoms with Crippen molar-refractivity contribution in [3.05, 3.63) is 71.8 Å². The van der Waals surface area contributed by atoms with Crippen LogP contribution in [0.5, 0.6) is 11.5 Å². The third kappa shape index (κ3) is 5.40. The molecule has 7 nitrogen and oxygen atoms in total. The number of imidazole rings is 1. The Morgan fingerprint density at radius 1 is 1.14 bits per heavy atom. The van der Waals surface area contributed by atoms with Crippen molar-refractivity contribution in [2.45, 2.75) is 25.6 Å². The molecule has 2 aromatic carbocycles. The van der Waals surface area contributed by atoms with Crippen molar-refractivity contribution in [1.29, 1.82) is 0 Å². The van der Waals surface area contributed by atoms with E-state index >= 15 is 0 Å². The van der Waals surface area contributed by atoms with Crippen LogP contribution in [0.3, 0.4) is 0 Å². The normalized spacial score (nSPS) is 12.5. The van der Waals surface area contributed by atoms with E-state index in [-0.39, 0.29) is 23.8 Å². The van der Waals surface area contributed by atoms with E-state index in [1.807, 2.05) is 0 Å². The highest BCUT2D eigenvalue weighted by Crippen LogP contribution is 2.33. The van der Waals surface area contributed by atoms with E-state index < -0.39 is 23.6 Å². The molecule has 0 aliphatic heterocycles. The number of carbonyl (C=O) groups is 1. The Bertz CT molecular complexity index is 1400. The number of fused-ring (bicyclic) bond motifs is 1. The summed E-state index contributed by atoms with van der Waals surface area (Å²) >= 11 is 0. The number of pyridine rings is 1. The minimum Gasteiger partial charge on any atom is -0.457 e. The number of carbonyl (C=O) groups excluding carboxylic acids is 1. The lowest BCUT2D eigenvalue weighted by Crippen LogP contribution is -2.28. The van der Waals surface area contributed by atoms with Crippen molar-refractivity contribution in [3.8, 4) is 11.5 Å². The van der Waals surface area contributed by atoms with E-state index in [4.69, 9.17) is 10.5 Å². The average Bonchev–Trinajstić information content (AvgIpc) is 3.09. The highest BCUT2D eigenvalue weighted by molar-refractivity contribution is 5.85. The smallest absolute Gasteiger partial charge is 0.416 e. The van der Waals surface area contributed by atoms with Gasteiger partial charge in [0.2, 0.25) is 5.95 Å². The number of ketones is 1. The number of ether oxygens (including phenoxy) is 1. The molecule has 0 aliphatic rings. The predicted molar refractivity (Wildman–Crippen MR) is 122 cm³/mol. The molecule has 0 saturated carbocycles. The van der Waals surface area contributed by atoms with Crippen molar-refractivity contribution in [3.63, 3.8) is 0 Å². The number of aryl methyl sites for hydroxylation is 1. The third-order valence-corrected chi connectivity index (χ3v) is 5.28. The van der Waals surface area contributed by atoms with E-state index in [1.54, 1.807) is 48.9 Å². The Morgan fingerprint density at radius 3 is 2.60 bits per heavy atom. The molecule has 0 aliphatic carbocycles. The predicted octanol–water partition coefficient (Wildman–Crippen LogP) is 5.12. The van der Waals surface area contributed by atoms with Gasteiger partial charge in [-0.15, -0.1) is 0 Å². The molecule has 0 radical (unpaired) electrons. The molecular formula is C24H21F4N5O2. The number of benzene rings is 2. The van der Waals surface area contributed by atoms with Crippen LogP contribution in [0, 0.1) is 5.82 Å². The number of nitrogens with two attached hydrogens (primary N) is 1. The van der Waals surface area contributed by atoms with Crippen molar-refractivity contribution >= 4 is 28.5 Å². The fourth-order valence-corrected chi connectivity index (χ4v) is 3.36. The van der Waals surface area contributed by atoms with E-state index in [2.05, 4.69) is 15.3 Å². The summed E-state index contributed by atoms with van der Waals surface area (Å²) in [5, 5.41) is 2.63. The Labute approximate surface area is 197 Å². The van der Waals surface area contributed by atoms with Crippen LogP contribution in [0.25, 0.3) is 11.0 Å². The van der Waals surface area contributed by atoms with Gasteiger partial charge in [0.1, 0.15) is 17.3 Å². The molecule has 4 aromatic rings. The summed E-state index contributed by atoms with van der Waals surface area (Å²) < 4.78 is 60.7. The molecule has 1 atom stereocenters. The molecule has 11 heteroatoms. The van der Waals surface area contributed by atoms with Gasteiger partial charge in [-0.05, 0) is 43.3 Å². The first kappa shape index (κ1) is 24.1. The number of nitrogens with zero attached hydrogens (tertiary/aromatic N) is 3. The number of halogens is 4. The zero-order valence-electron chi connectivity index (χ0n) is 18.7. The summed E-state index contributed by atoms with van der Waals surface area (Å²) in [6, 6.07) is 9.83. The largest absolute Gasteiger partial charge is 0.457 e. The van der Waals surface area contributed by atoms with Crippen LogP contribution >= 0.6 is 0 Å². The monoisotopic (exact) mass is 487 g/mol. The molecule has 3 N–H and O–H groups in total. The minimum absolute atomic E-state index is 0.0786. The average molecular weight is 487 g/mol. The maximum atomic E-state index is 14.2. The molecular weight excluding hydrogens is 466 g/mol. The first-order valence-electron chi connectivity index (χ1n) is 10.5. The van der Waals surface area contributed by atoms with Crippen molar-refractivity contribution in [2.24, 2.45) is 12.8 Å². The van der Waals surface area contributed by atoms with Crippen LogP contribution < -0.4 is 15.8 Å². The molecule has 35 heavy (non-hydrogen) atoms. The summed E-state index contributed by atoms with van der Waals surface area (Å²) in [5.74, 6) is 0.0399. The number of hydrogen-bond donors (Lipinski definition) is 2. The van der Waals surface area contributed by atoms with Gasteiger partial charge in [-0.2, -0.15) is 13.2 Å². The molecule has 4 rings (SSSR count). The second-order valence-corrected chi connectivity index (χ2v) is 7.98. The molecule has 0 bridgehead atoms. The minimum atomic E-state index is -4.61. The lowest BCUT2D eigenvalue weighted by Gasteiger charge is -2.11. The highest BCUT2D eigenvalue weighted by Gasteiger charge is 2.31. The molecule has 0 unspecified atom stereocenters. The van der Waals surface area contributed by atoms with Crippen LogP contribution in [-0.2, 0) is 24.4 Å². The van der Waals surface area contributed by atoms with Gasteiger partial charge in [0.05, 0.1) is 40.4 Å². The quantitative estimate of drug-likeness (QED) is 0.352. The Balaban J connectivity index is 1.58. The summed E-state index contributed by atoms with van der Waals surface area (Å²) in [7, 11) is 1.65. The maximum absolute atomic E-state index is 14.2. The summed E-state index contributed by atoms with van der Waals surface area (Å²) in [5.41, 5.74) is 5.91. The Morgan fingerprint density at radius 2 is 1.89 bits per heavy atom. The van der Waals surface area contributed by atoms with Crippen LogP contribution in [-0.4, -0.2) is 26.4 Å². The molecule has 0 amide bonds. The van der Waals surface area contributed by atoms with Gasteiger partial charge in [0.25, 0.3) is 0 Å². The van der Waals surface area contributed by atoms with Crippen molar-refractivity contribution < 1.29 is 27.1 Å². The molecule has 0 spiro atoms. The Kier molecular flexibility index (Phi) is 6.44. The fourth-order valence-electron chi connectivity index (χ4n) is 3.36. The SMILES string of the molecule is C[C@H](N)C(=O)Cc1cc(Oc2ccc3c(c2)nc(Nc2cc(C(F)(F)F)ccc2F)n3C)ccn1. The molecule has 0 fully saturated rings. The van der Waals surface area contributed by atoms with Crippen LogP contribution in [0.2, 0.25) is 0 Å². The summed E-state index contributed by atoms with van der Waals surface area (Å²) in [4.78, 5) is 20.4. The van der Waals surface area contributed by atoms with E-state index in [9.17, 15) is 22.4 Å². The van der Waals surface area contributed by atoms with Gasteiger partial charge in [-0.25, -0.2) is 9.37 Å². The standard InChI is InChI=1S/C24H21F4N5O2/c1-13(29)22(34)11-15-10-17(7-8-30-15)35-16-4-6-21-20(12-16)32-23(33(21)2)31-19-9-14(24(26,27)28)3-5-18(19)25/h3-10,12-13H,11,29H2,1-2H3,(H,31,32)/t13-/m0/s1. The van der Waals surface area contributed by atoms with Gasteiger partial charge in [-0.3, -0.25) is 9.78 Å². The molecule has 182 valence electrons. The van der Waals surface area contributed by atoms with Crippen LogP contribution in [0.1, 0.15) is 18.2 Å². The first-order chi connectivity index (χ1) is 16.5.